The van der Waals surface area contributed by atoms with Gasteiger partial charge in [0.2, 0.25) is 11.8 Å². The van der Waals surface area contributed by atoms with Crippen molar-refractivity contribution in [1.82, 2.24) is 19.9 Å². The van der Waals surface area contributed by atoms with Gasteiger partial charge in [0.25, 0.3) is 0 Å². The molecule has 72 valence electrons. The molecule has 0 aliphatic rings. The van der Waals surface area contributed by atoms with Crippen LogP contribution in [0.1, 0.15) is 0 Å². The first-order valence-corrected chi connectivity index (χ1v) is 4.56. The summed E-state index contributed by atoms with van der Waals surface area (Å²) in [5.41, 5.74) is 6.06. The molecule has 2 aromatic rings. The van der Waals surface area contributed by atoms with Crippen LogP contribution in [0.5, 0.6) is 0 Å². The van der Waals surface area contributed by atoms with Crippen molar-refractivity contribution in [1.29, 1.82) is 0 Å². The minimum atomic E-state index is 0.151. The van der Waals surface area contributed by atoms with E-state index in [1.807, 2.05) is 6.07 Å². The number of anilines is 1. The molecule has 2 aromatic heterocycles. The largest absolute Gasteiger partial charge is 0.366 e. The second kappa shape index (κ2) is 3.26. The first-order chi connectivity index (χ1) is 6.70. The number of aromatic nitrogens is 4. The summed E-state index contributed by atoms with van der Waals surface area (Å²) in [7, 11) is 0. The summed E-state index contributed by atoms with van der Waals surface area (Å²) in [6.07, 6.45) is 1.64. The fourth-order valence-electron chi connectivity index (χ4n) is 1.02. The Morgan fingerprint density at radius 2 is 2.14 bits per heavy atom. The van der Waals surface area contributed by atoms with Crippen molar-refractivity contribution in [3.63, 3.8) is 0 Å². The van der Waals surface area contributed by atoms with Crippen LogP contribution in [0.25, 0.3) is 11.5 Å². The van der Waals surface area contributed by atoms with Crippen LogP contribution < -0.4 is 11.6 Å². The molecule has 0 aliphatic carbocycles. The Morgan fingerprint density at radius 1 is 1.36 bits per heavy atom. The van der Waals surface area contributed by atoms with E-state index in [4.69, 9.17) is 11.6 Å². The molecule has 0 aliphatic heterocycles. The van der Waals surface area contributed by atoms with Crippen LogP contribution in [-0.2, 0) is 0 Å². The van der Waals surface area contributed by atoms with Gasteiger partial charge in [-0.05, 0) is 28.1 Å². The molecule has 6 nitrogen and oxygen atoms in total. The SMILES string of the molecule is Nc1nnc(-c2ncccc2Br)n1N. The van der Waals surface area contributed by atoms with Gasteiger partial charge in [-0.15, -0.1) is 10.2 Å². The lowest BCUT2D eigenvalue weighted by atomic mass is 10.3. The zero-order valence-electron chi connectivity index (χ0n) is 7.05. The number of halogens is 1. The average Bonchev–Trinajstić information content (AvgIpc) is 2.49. The van der Waals surface area contributed by atoms with Crippen LogP contribution in [0.4, 0.5) is 5.95 Å². The summed E-state index contributed by atoms with van der Waals surface area (Å²) in [6.45, 7) is 0. The lowest BCUT2D eigenvalue weighted by molar-refractivity contribution is 1.01. The Labute approximate surface area is 88.1 Å². The highest BCUT2D eigenvalue weighted by Gasteiger charge is 2.12. The molecule has 4 N–H and O–H groups in total. The van der Waals surface area contributed by atoms with Gasteiger partial charge in [-0.2, -0.15) is 0 Å². The maximum absolute atomic E-state index is 5.61. The molecule has 0 spiro atoms. The highest BCUT2D eigenvalue weighted by Crippen LogP contribution is 2.23. The summed E-state index contributed by atoms with van der Waals surface area (Å²) < 4.78 is 1.98. The van der Waals surface area contributed by atoms with Crippen LogP contribution in [0, 0.1) is 0 Å². The monoisotopic (exact) mass is 254 g/mol. The van der Waals surface area contributed by atoms with Crippen LogP contribution in [-0.4, -0.2) is 19.9 Å². The standard InChI is InChI=1S/C7H7BrN6/c8-4-2-1-3-11-5(4)6-12-13-7(9)14(6)10/h1-3H,10H2,(H2,9,13). The molecule has 0 amide bonds. The molecule has 0 aromatic carbocycles. The molecular weight excluding hydrogens is 248 g/mol. The number of nitrogen functional groups attached to an aromatic ring is 2. The zero-order valence-corrected chi connectivity index (χ0v) is 8.64. The van der Waals surface area contributed by atoms with E-state index in [0.29, 0.717) is 11.5 Å². The average molecular weight is 255 g/mol. The Morgan fingerprint density at radius 3 is 2.71 bits per heavy atom. The van der Waals surface area contributed by atoms with Crippen molar-refractivity contribution in [2.75, 3.05) is 11.6 Å². The highest BCUT2D eigenvalue weighted by molar-refractivity contribution is 9.10. The van der Waals surface area contributed by atoms with E-state index in [1.165, 1.54) is 4.68 Å². The molecule has 0 saturated heterocycles. The number of pyridine rings is 1. The van der Waals surface area contributed by atoms with Gasteiger partial charge in [0.1, 0.15) is 5.69 Å². The summed E-state index contributed by atoms with van der Waals surface area (Å²) in [5, 5.41) is 7.46. The minimum absolute atomic E-state index is 0.151. The van der Waals surface area contributed by atoms with Crippen molar-refractivity contribution in [2.24, 2.45) is 0 Å². The van der Waals surface area contributed by atoms with Crippen molar-refractivity contribution in [3.05, 3.63) is 22.8 Å². The molecule has 0 unspecified atom stereocenters. The third kappa shape index (κ3) is 1.31. The molecular formula is C7H7BrN6. The van der Waals surface area contributed by atoms with Crippen molar-refractivity contribution < 1.29 is 0 Å². The van der Waals surface area contributed by atoms with Crippen molar-refractivity contribution in [2.45, 2.75) is 0 Å². The van der Waals surface area contributed by atoms with Crippen LogP contribution in [0.15, 0.2) is 22.8 Å². The Balaban J connectivity index is 2.60. The summed E-state index contributed by atoms with van der Waals surface area (Å²) >= 11 is 3.34. The third-order valence-corrected chi connectivity index (χ3v) is 2.33. The lowest BCUT2D eigenvalue weighted by Crippen LogP contribution is -2.13. The Bertz CT molecular complexity index is 465. The number of nitrogens with two attached hydrogens (primary N) is 2. The second-order valence-electron chi connectivity index (χ2n) is 2.59. The predicted octanol–water partition coefficient (Wildman–Crippen LogP) is 0.399. The summed E-state index contributed by atoms with van der Waals surface area (Å²) in [6, 6.07) is 3.64. The van der Waals surface area contributed by atoms with Crippen LogP contribution in [0.2, 0.25) is 0 Å². The van der Waals surface area contributed by atoms with Crippen molar-refractivity contribution in [3.8, 4) is 11.5 Å². The van der Waals surface area contributed by atoms with E-state index in [9.17, 15) is 0 Å². The molecule has 0 saturated carbocycles. The van der Waals surface area contributed by atoms with Gasteiger partial charge in [-0.25, -0.2) is 4.68 Å². The topological polar surface area (TPSA) is 95.6 Å². The Hall–Kier alpha value is -1.63. The summed E-state index contributed by atoms with van der Waals surface area (Å²) in [5.74, 6) is 6.19. The van der Waals surface area contributed by atoms with Gasteiger partial charge < -0.3 is 11.6 Å². The molecule has 0 atom stereocenters. The number of hydrogen-bond acceptors (Lipinski definition) is 5. The van der Waals surface area contributed by atoms with E-state index in [2.05, 4.69) is 31.1 Å². The van der Waals surface area contributed by atoms with Gasteiger partial charge in [0.15, 0.2) is 0 Å². The lowest BCUT2D eigenvalue weighted by Gasteiger charge is -2.01. The fourth-order valence-corrected chi connectivity index (χ4v) is 1.45. The van der Waals surface area contributed by atoms with Gasteiger partial charge in [0.05, 0.1) is 0 Å². The normalized spacial score (nSPS) is 10.4. The Kier molecular flexibility index (Phi) is 2.08. The maximum atomic E-state index is 5.61. The van der Waals surface area contributed by atoms with E-state index >= 15 is 0 Å². The van der Waals surface area contributed by atoms with E-state index in [-0.39, 0.29) is 5.95 Å². The smallest absolute Gasteiger partial charge is 0.241 e. The van der Waals surface area contributed by atoms with E-state index in [0.717, 1.165) is 4.47 Å². The molecule has 7 heteroatoms. The maximum Gasteiger partial charge on any atom is 0.241 e. The van der Waals surface area contributed by atoms with Gasteiger partial charge in [-0.1, -0.05) is 0 Å². The van der Waals surface area contributed by atoms with Gasteiger partial charge in [-0.3, -0.25) is 4.98 Å². The molecule has 2 rings (SSSR count). The third-order valence-electron chi connectivity index (χ3n) is 1.69. The van der Waals surface area contributed by atoms with E-state index in [1.54, 1.807) is 12.3 Å². The first-order valence-electron chi connectivity index (χ1n) is 3.77. The molecule has 0 fully saturated rings. The zero-order chi connectivity index (χ0) is 10.1. The number of rotatable bonds is 1. The quantitative estimate of drug-likeness (QED) is 0.719. The molecule has 14 heavy (non-hydrogen) atoms. The molecule has 2 heterocycles. The van der Waals surface area contributed by atoms with Crippen LogP contribution >= 0.6 is 15.9 Å². The van der Waals surface area contributed by atoms with Crippen LogP contribution in [0.3, 0.4) is 0 Å². The van der Waals surface area contributed by atoms with Crippen molar-refractivity contribution >= 4 is 21.9 Å². The summed E-state index contributed by atoms with van der Waals surface area (Å²) in [4.78, 5) is 4.12. The van der Waals surface area contributed by atoms with Gasteiger partial charge in [0, 0.05) is 10.7 Å². The molecule has 0 radical (unpaired) electrons. The predicted molar refractivity (Wildman–Crippen MR) is 55.5 cm³/mol. The minimum Gasteiger partial charge on any atom is -0.366 e. The number of nitrogens with zero attached hydrogens (tertiary/aromatic N) is 4. The van der Waals surface area contributed by atoms with E-state index < -0.39 is 0 Å². The number of hydrogen-bond donors (Lipinski definition) is 2. The van der Waals surface area contributed by atoms with Gasteiger partial charge >= 0.3 is 0 Å². The second-order valence-corrected chi connectivity index (χ2v) is 3.44. The first kappa shape index (κ1) is 8.95. The molecule has 0 bridgehead atoms. The highest BCUT2D eigenvalue weighted by atomic mass is 79.9. The fraction of sp³-hybridized carbons (Fsp3) is 0.